The molecule has 0 aromatic carbocycles. The van der Waals surface area contributed by atoms with Gasteiger partial charge in [0.1, 0.15) is 0 Å². The smallest absolute Gasteiger partial charge is 0.372 e. The van der Waals surface area contributed by atoms with E-state index in [2.05, 4.69) is 5.10 Å². The zero-order valence-corrected chi connectivity index (χ0v) is 8.17. The van der Waals surface area contributed by atoms with E-state index in [4.69, 9.17) is 9.52 Å². The Kier molecular flexibility index (Phi) is 2.29. The molecule has 0 atom stereocenters. The molecule has 0 bridgehead atoms. The molecule has 5 heteroatoms. The number of hydrogen-bond acceptors (Lipinski definition) is 3. The second-order valence-corrected chi connectivity index (χ2v) is 3.21. The molecule has 2 heterocycles. The fraction of sp³-hybridized carbons (Fsp3) is 0.200. The summed E-state index contributed by atoms with van der Waals surface area (Å²) in [6, 6.07) is 3.51. The van der Waals surface area contributed by atoms with Crippen LogP contribution in [0.4, 0.5) is 0 Å². The molecule has 0 amide bonds. The first kappa shape index (κ1) is 9.51. The first-order valence-electron chi connectivity index (χ1n) is 4.46. The molecular weight excluding hydrogens is 196 g/mol. The van der Waals surface area contributed by atoms with E-state index in [1.54, 1.807) is 16.9 Å². The Balaban J connectivity index is 2.28. The van der Waals surface area contributed by atoms with E-state index in [0.717, 1.165) is 5.69 Å². The van der Waals surface area contributed by atoms with E-state index in [-0.39, 0.29) is 5.76 Å². The number of carboxylic acid groups (broad SMARTS) is 1. The van der Waals surface area contributed by atoms with Crippen LogP contribution in [0.5, 0.6) is 0 Å². The fourth-order valence-corrected chi connectivity index (χ4v) is 1.37. The molecule has 15 heavy (non-hydrogen) atoms. The predicted molar refractivity (Wildman–Crippen MR) is 51.7 cm³/mol. The number of carbonyl (C=O) groups is 1. The zero-order valence-electron chi connectivity index (χ0n) is 8.17. The Hall–Kier alpha value is -2.04. The van der Waals surface area contributed by atoms with Crippen molar-refractivity contribution in [2.24, 2.45) is 0 Å². The summed E-state index contributed by atoms with van der Waals surface area (Å²) in [6.45, 7) is 2.32. The monoisotopic (exact) mass is 206 g/mol. The van der Waals surface area contributed by atoms with Gasteiger partial charge in [0, 0.05) is 17.5 Å². The minimum absolute atomic E-state index is 0.0232. The largest absolute Gasteiger partial charge is 0.475 e. The molecule has 5 nitrogen and oxygen atoms in total. The minimum atomic E-state index is -1.06. The van der Waals surface area contributed by atoms with Crippen LogP contribution in [0.25, 0.3) is 0 Å². The van der Waals surface area contributed by atoms with Crippen molar-refractivity contribution in [1.29, 1.82) is 0 Å². The van der Waals surface area contributed by atoms with Crippen LogP contribution >= 0.6 is 0 Å². The van der Waals surface area contributed by atoms with E-state index in [1.807, 2.05) is 13.0 Å². The van der Waals surface area contributed by atoms with Crippen LogP contribution in [0.3, 0.4) is 0 Å². The summed E-state index contributed by atoms with van der Waals surface area (Å²) < 4.78 is 6.59. The summed E-state index contributed by atoms with van der Waals surface area (Å²) in [6.07, 6.45) is 3.05. The molecule has 0 aliphatic carbocycles. The molecule has 78 valence electrons. The number of aryl methyl sites for hydroxylation is 1. The maximum Gasteiger partial charge on any atom is 0.372 e. The number of carboxylic acids is 1. The molecular formula is C10H10N2O3. The van der Waals surface area contributed by atoms with E-state index in [1.165, 1.54) is 6.26 Å². The van der Waals surface area contributed by atoms with Crippen LogP contribution in [0.1, 0.15) is 21.8 Å². The highest BCUT2D eigenvalue weighted by molar-refractivity contribution is 5.86. The zero-order chi connectivity index (χ0) is 10.8. The van der Waals surface area contributed by atoms with Gasteiger partial charge < -0.3 is 9.52 Å². The summed E-state index contributed by atoms with van der Waals surface area (Å²) in [5.74, 6) is -1.08. The van der Waals surface area contributed by atoms with Gasteiger partial charge in [0.05, 0.1) is 12.8 Å². The van der Waals surface area contributed by atoms with Crippen molar-refractivity contribution in [3.63, 3.8) is 0 Å². The van der Waals surface area contributed by atoms with Gasteiger partial charge in [-0.25, -0.2) is 4.79 Å². The topological polar surface area (TPSA) is 68.3 Å². The van der Waals surface area contributed by atoms with Crippen LogP contribution in [-0.4, -0.2) is 20.9 Å². The highest BCUT2D eigenvalue weighted by Crippen LogP contribution is 2.12. The average Bonchev–Trinajstić information content (AvgIpc) is 2.77. The Morgan fingerprint density at radius 1 is 1.60 bits per heavy atom. The van der Waals surface area contributed by atoms with Crippen molar-refractivity contribution in [3.05, 3.63) is 41.6 Å². The first-order chi connectivity index (χ1) is 7.18. The lowest BCUT2D eigenvalue weighted by Crippen LogP contribution is -2.07. The van der Waals surface area contributed by atoms with E-state index in [9.17, 15) is 4.79 Å². The highest BCUT2D eigenvalue weighted by atomic mass is 16.4. The molecule has 2 rings (SSSR count). The lowest BCUT2D eigenvalue weighted by molar-refractivity contribution is 0.0660. The third kappa shape index (κ3) is 1.76. The summed E-state index contributed by atoms with van der Waals surface area (Å²) in [5, 5.41) is 12.9. The number of aromatic nitrogens is 2. The molecule has 0 saturated heterocycles. The molecule has 0 aliphatic rings. The number of nitrogens with zero attached hydrogens (tertiary/aromatic N) is 2. The Morgan fingerprint density at radius 3 is 3.00 bits per heavy atom. The van der Waals surface area contributed by atoms with Crippen LogP contribution in [-0.2, 0) is 6.54 Å². The van der Waals surface area contributed by atoms with Gasteiger partial charge in [0.2, 0.25) is 5.76 Å². The Labute approximate surface area is 85.9 Å². The van der Waals surface area contributed by atoms with Crippen molar-refractivity contribution in [3.8, 4) is 0 Å². The number of rotatable bonds is 3. The van der Waals surface area contributed by atoms with Gasteiger partial charge in [-0.2, -0.15) is 5.10 Å². The Bertz CT molecular complexity index is 484. The van der Waals surface area contributed by atoms with E-state index >= 15 is 0 Å². The van der Waals surface area contributed by atoms with Crippen molar-refractivity contribution in [2.45, 2.75) is 13.5 Å². The SMILES string of the molecule is Cc1ccnn1Cc1ccoc1C(=O)O. The molecule has 1 N–H and O–H groups in total. The quantitative estimate of drug-likeness (QED) is 0.826. The van der Waals surface area contributed by atoms with Crippen molar-refractivity contribution in [2.75, 3.05) is 0 Å². The fourth-order valence-electron chi connectivity index (χ4n) is 1.37. The second kappa shape index (κ2) is 3.61. The van der Waals surface area contributed by atoms with Gasteiger partial charge in [-0.05, 0) is 19.1 Å². The van der Waals surface area contributed by atoms with E-state index < -0.39 is 5.97 Å². The molecule has 0 spiro atoms. The summed E-state index contributed by atoms with van der Waals surface area (Å²) in [7, 11) is 0. The van der Waals surface area contributed by atoms with Gasteiger partial charge in [0.25, 0.3) is 0 Å². The van der Waals surface area contributed by atoms with Gasteiger partial charge in [-0.15, -0.1) is 0 Å². The van der Waals surface area contributed by atoms with Gasteiger partial charge >= 0.3 is 5.97 Å². The van der Waals surface area contributed by atoms with Crippen LogP contribution in [0.15, 0.2) is 29.0 Å². The average molecular weight is 206 g/mol. The second-order valence-electron chi connectivity index (χ2n) is 3.21. The van der Waals surface area contributed by atoms with Gasteiger partial charge in [-0.1, -0.05) is 0 Å². The standard InChI is InChI=1S/C10H10N2O3/c1-7-2-4-11-12(7)6-8-3-5-15-9(8)10(13)14/h2-5H,6H2,1H3,(H,13,14). The van der Waals surface area contributed by atoms with Crippen LogP contribution in [0.2, 0.25) is 0 Å². The summed E-state index contributed by atoms with van der Waals surface area (Å²) in [4.78, 5) is 10.8. The third-order valence-electron chi connectivity index (χ3n) is 2.19. The third-order valence-corrected chi connectivity index (χ3v) is 2.19. The van der Waals surface area contributed by atoms with Crippen molar-refractivity contribution >= 4 is 5.97 Å². The molecule has 0 fully saturated rings. The highest BCUT2D eigenvalue weighted by Gasteiger charge is 2.14. The van der Waals surface area contributed by atoms with Crippen molar-refractivity contribution in [1.82, 2.24) is 9.78 Å². The minimum Gasteiger partial charge on any atom is -0.475 e. The van der Waals surface area contributed by atoms with Gasteiger partial charge in [-0.3, -0.25) is 4.68 Å². The van der Waals surface area contributed by atoms with Crippen molar-refractivity contribution < 1.29 is 14.3 Å². The molecule has 0 unspecified atom stereocenters. The van der Waals surface area contributed by atoms with Gasteiger partial charge in [0.15, 0.2) is 0 Å². The summed E-state index contributed by atoms with van der Waals surface area (Å²) >= 11 is 0. The normalized spacial score (nSPS) is 10.5. The first-order valence-corrected chi connectivity index (χ1v) is 4.46. The molecule has 2 aromatic rings. The number of hydrogen-bond donors (Lipinski definition) is 1. The maximum atomic E-state index is 10.8. The molecule has 0 saturated carbocycles. The molecule has 0 radical (unpaired) electrons. The molecule has 2 aromatic heterocycles. The lowest BCUT2D eigenvalue weighted by Gasteiger charge is -2.02. The number of aromatic carboxylic acids is 1. The summed E-state index contributed by atoms with van der Waals surface area (Å²) in [5.41, 5.74) is 1.60. The predicted octanol–water partition coefficient (Wildman–Crippen LogP) is 1.53. The van der Waals surface area contributed by atoms with Crippen LogP contribution < -0.4 is 0 Å². The Morgan fingerprint density at radius 2 is 2.40 bits per heavy atom. The van der Waals surface area contributed by atoms with Crippen LogP contribution in [0, 0.1) is 6.92 Å². The maximum absolute atomic E-state index is 10.8. The number of furan rings is 1. The van der Waals surface area contributed by atoms with E-state index in [0.29, 0.717) is 12.1 Å². The molecule has 0 aliphatic heterocycles. The lowest BCUT2D eigenvalue weighted by atomic mass is 10.2.